The van der Waals surface area contributed by atoms with Crippen molar-refractivity contribution >= 4 is 23.4 Å². The third kappa shape index (κ3) is 2.19. The first-order valence-electron chi connectivity index (χ1n) is 5.89. The molecule has 0 atom stereocenters. The third-order valence-electron chi connectivity index (χ3n) is 3.22. The van der Waals surface area contributed by atoms with Gasteiger partial charge in [0.05, 0.1) is 17.0 Å². The number of benzene rings is 1. The summed E-state index contributed by atoms with van der Waals surface area (Å²) in [4.78, 5) is 47.9. The van der Waals surface area contributed by atoms with Crippen molar-refractivity contribution in [2.45, 2.75) is 13.8 Å². The molecule has 1 aliphatic rings. The molecule has 0 saturated heterocycles. The second kappa shape index (κ2) is 4.76. The SMILES string of the molecule is CC(=O)C(CN1C(=O)c2ccccc2C1=O)C(C)=O. The van der Waals surface area contributed by atoms with E-state index < -0.39 is 17.7 Å². The summed E-state index contributed by atoms with van der Waals surface area (Å²) in [5, 5.41) is 0. The van der Waals surface area contributed by atoms with Crippen LogP contribution in [0.2, 0.25) is 0 Å². The number of carbonyl (C=O) groups is 4. The van der Waals surface area contributed by atoms with E-state index in [1.807, 2.05) is 0 Å². The zero-order valence-corrected chi connectivity index (χ0v) is 10.7. The third-order valence-corrected chi connectivity index (χ3v) is 3.22. The van der Waals surface area contributed by atoms with Crippen molar-refractivity contribution in [2.75, 3.05) is 6.54 Å². The molecule has 0 aromatic heterocycles. The molecular formula is C14H13NO4. The van der Waals surface area contributed by atoms with Gasteiger partial charge in [-0.2, -0.15) is 0 Å². The Kier molecular flexibility index (Phi) is 3.29. The lowest BCUT2D eigenvalue weighted by atomic mass is 10.0. The van der Waals surface area contributed by atoms with Crippen LogP contribution in [-0.2, 0) is 9.59 Å². The molecule has 1 aromatic rings. The summed E-state index contributed by atoms with van der Waals surface area (Å²) in [5.74, 6) is -2.53. The average Bonchev–Trinajstić information content (AvgIpc) is 2.59. The highest BCUT2D eigenvalue weighted by molar-refractivity contribution is 6.21. The van der Waals surface area contributed by atoms with Crippen LogP contribution in [0.5, 0.6) is 0 Å². The van der Waals surface area contributed by atoms with Gasteiger partial charge in [-0.05, 0) is 26.0 Å². The van der Waals surface area contributed by atoms with Crippen molar-refractivity contribution in [1.82, 2.24) is 4.90 Å². The second-order valence-electron chi connectivity index (χ2n) is 4.54. The molecule has 0 fully saturated rings. The van der Waals surface area contributed by atoms with Crippen LogP contribution in [0.4, 0.5) is 0 Å². The van der Waals surface area contributed by atoms with E-state index in [1.165, 1.54) is 13.8 Å². The molecule has 0 N–H and O–H groups in total. The first-order valence-corrected chi connectivity index (χ1v) is 5.89. The molecule has 0 radical (unpaired) electrons. The van der Waals surface area contributed by atoms with Gasteiger partial charge in [0.1, 0.15) is 11.6 Å². The molecule has 1 heterocycles. The summed E-state index contributed by atoms with van der Waals surface area (Å²) < 4.78 is 0. The minimum Gasteiger partial charge on any atom is -0.299 e. The Morgan fingerprint density at radius 1 is 1.00 bits per heavy atom. The van der Waals surface area contributed by atoms with Crippen LogP contribution >= 0.6 is 0 Å². The van der Waals surface area contributed by atoms with E-state index in [1.54, 1.807) is 24.3 Å². The van der Waals surface area contributed by atoms with Crippen molar-refractivity contribution in [2.24, 2.45) is 5.92 Å². The maximum atomic E-state index is 12.1. The summed E-state index contributed by atoms with van der Waals surface area (Å²) in [6.45, 7) is 2.38. The first-order chi connectivity index (χ1) is 8.93. The summed E-state index contributed by atoms with van der Waals surface area (Å²) in [6, 6.07) is 6.46. The number of Topliss-reactive ketones (excluding diaryl/α,β-unsaturated/α-hetero) is 2. The Balaban J connectivity index is 2.30. The smallest absolute Gasteiger partial charge is 0.261 e. The fraction of sp³-hybridized carbons (Fsp3) is 0.286. The Morgan fingerprint density at radius 3 is 1.79 bits per heavy atom. The fourth-order valence-corrected chi connectivity index (χ4v) is 2.13. The van der Waals surface area contributed by atoms with Gasteiger partial charge >= 0.3 is 0 Å². The average molecular weight is 259 g/mol. The quantitative estimate of drug-likeness (QED) is 0.599. The van der Waals surface area contributed by atoms with E-state index in [9.17, 15) is 19.2 Å². The molecule has 0 bridgehead atoms. The van der Waals surface area contributed by atoms with Crippen LogP contribution in [0.15, 0.2) is 24.3 Å². The van der Waals surface area contributed by atoms with Gasteiger partial charge in [-0.15, -0.1) is 0 Å². The molecule has 0 spiro atoms. The minimum absolute atomic E-state index is 0.184. The van der Waals surface area contributed by atoms with E-state index in [0.717, 1.165) is 4.90 Å². The highest BCUT2D eigenvalue weighted by atomic mass is 16.2. The lowest BCUT2D eigenvalue weighted by Crippen LogP contribution is -2.39. The van der Waals surface area contributed by atoms with Gasteiger partial charge < -0.3 is 0 Å². The zero-order valence-electron chi connectivity index (χ0n) is 10.7. The Bertz CT molecular complexity index is 542. The van der Waals surface area contributed by atoms with E-state index in [-0.39, 0.29) is 18.1 Å². The van der Waals surface area contributed by atoms with Crippen LogP contribution in [0.1, 0.15) is 34.6 Å². The van der Waals surface area contributed by atoms with Gasteiger partial charge in [0, 0.05) is 6.54 Å². The molecule has 1 aromatic carbocycles. The highest BCUT2D eigenvalue weighted by Crippen LogP contribution is 2.23. The zero-order chi connectivity index (χ0) is 14.2. The second-order valence-corrected chi connectivity index (χ2v) is 4.54. The van der Waals surface area contributed by atoms with Crippen molar-refractivity contribution in [3.8, 4) is 0 Å². The molecule has 2 rings (SSSR count). The normalized spacial score (nSPS) is 13.9. The molecule has 2 amide bonds. The molecular weight excluding hydrogens is 246 g/mol. The Morgan fingerprint density at radius 2 is 1.42 bits per heavy atom. The molecule has 0 saturated carbocycles. The number of nitrogens with zero attached hydrogens (tertiary/aromatic N) is 1. The van der Waals surface area contributed by atoms with Crippen molar-refractivity contribution < 1.29 is 19.2 Å². The summed E-state index contributed by atoms with van der Waals surface area (Å²) in [7, 11) is 0. The topological polar surface area (TPSA) is 71.5 Å². The van der Waals surface area contributed by atoms with Crippen LogP contribution < -0.4 is 0 Å². The molecule has 5 heteroatoms. The molecule has 1 aliphatic heterocycles. The first kappa shape index (κ1) is 13.1. The largest absolute Gasteiger partial charge is 0.299 e. The van der Waals surface area contributed by atoms with Crippen LogP contribution in [0.25, 0.3) is 0 Å². The van der Waals surface area contributed by atoms with Crippen LogP contribution in [0.3, 0.4) is 0 Å². The Labute approximate surface area is 110 Å². The molecule has 98 valence electrons. The fourth-order valence-electron chi connectivity index (χ4n) is 2.13. The van der Waals surface area contributed by atoms with Crippen LogP contribution in [-0.4, -0.2) is 34.8 Å². The molecule has 19 heavy (non-hydrogen) atoms. The van der Waals surface area contributed by atoms with Gasteiger partial charge in [0.25, 0.3) is 11.8 Å². The predicted molar refractivity (Wildman–Crippen MR) is 66.7 cm³/mol. The summed E-state index contributed by atoms with van der Waals surface area (Å²) >= 11 is 0. The monoisotopic (exact) mass is 259 g/mol. The van der Waals surface area contributed by atoms with E-state index in [2.05, 4.69) is 0 Å². The van der Waals surface area contributed by atoms with E-state index in [0.29, 0.717) is 11.1 Å². The van der Waals surface area contributed by atoms with Gasteiger partial charge in [-0.3, -0.25) is 24.1 Å². The number of hydrogen-bond donors (Lipinski definition) is 0. The van der Waals surface area contributed by atoms with Crippen molar-refractivity contribution in [3.05, 3.63) is 35.4 Å². The maximum absolute atomic E-state index is 12.1. The number of rotatable bonds is 4. The molecule has 0 aliphatic carbocycles. The van der Waals surface area contributed by atoms with Gasteiger partial charge in [-0.1, -0.05) is 12.1 Å². The molecule has 5 nitrogen and oxygen atoms in total. The predicted octanol–water partition coefficient (Wildman–Crippen LogP) is 1.08. The number of hydrogen-bond acceptors (Lipinski definition) is 4. The lowest BCUT2D eigenvalue weighted by molar-refractivity contribution is -0.130. The number of amides is 2. The minimum atomic E-state index is -0.942. The standard InChI is InChI=1S/C14H13NO4/c1-8(16)12(9(2)17)7-15-13(18)10-5-3-4-6-11(10)14(15)19/h3-6,12H,7H2,1-2H3. The number of carbonyl (C=O) groups excluding carboxylic acids is 4. The van der Waals surface area contributed by atoms with Crippen molar-refractivity contribution in [1.29, 1.82) is 0 Å². The number of fused-ring (bicyclic) bond motifs is 1. The van der Waals surface area contributed by atoms with Gasteiger partial charge in [0.15, 0.2) is 0 Å². The van der Waals surface area contributed by atoms with Gasteiger partial charge in [0.2, 0.25) is 0 Å². The Hall–Kier alpha value is -2.30. The number of imide groups is 1. The van der Waals surface area contributed by atoms with Gasteiger partial charge in [-0.25, -0.2) is 0 Å². The van der Waals surface area contributed by atoms with Crippen molar-refractivity contribution in [3.63, 3.8) is 0 Å². The lowest BCUT2D eigenvalue weighted by Gasteiger charge is -2.18. The maximum Gasteiger partial charge on any atom is 0.261 e. The number of ketones is 2. The molecule has 0 unspecified atom stereocenters. The van der Waals surface area contributed by atoms with E-state index >= 15 is 0 Å². The summed E-state index contributed by atoms with van der Waals surface area (Å²) in [6.07, 6.45) is 0. The highest BCUT2D eigenvalue weighted by Gasteiger charge is 2.38. The van der Waals surface area contributed by atoms with Crippen LogP contribution in [0, 0.1) is 5.92 Å². The van der Waals surface area contributed by atoms with E-state index in [4.69, 9.17) is 0 Å². The summed E-state index contributed by atoms with van der Waals surface area (Å²) in [5.41, 5.74) is 0.636.